The van der Waals surface area contributed by atoms with Gasteiger partial charge in [-0.25, -0.2) is 5.43 Å². The second kappa shape index (κ2) is 9.57. The Hall–Kier alpha value is -3.78. The van der Waals surface area contributed by atoms with Crippen molar-refractivity contribution in [3.05, 3.63) is 81.9 Å². The van der Waals surface area contributed by atoms with Crippen molar-refractivity contribution in [3.63, 3.8) is 0 Å². The van der Waals surface area contributed by atoms with Gasteiger partial charge in [0.05, 0.1) is 11.1 Å². The number of hydrazone groups is 1. The van der Waals surface area contributed by atoms with Gasteiger partial charge in [0.2, 0.25) is 5.91 Å². The molecule has 32 heavy (non-hydrogen) atoms. The van der Waals surface area contributed by atoms with Crippen LogP contribution in [0.2, 0.25) is 0 Å². The molecule has 0 radical (unpaired) electrons. The Bertz CT molecular complexity index is 1150. The van der Waals surface area contributed by atoms with Gasteiger partial charge >= 0.3 is 0 Å². The first-order valence-corrected chi connectivity index (χ1v) is 10.5. The Balaban J connectivity index is 1.30. The number of nitro benzene ring substituents is 1. The summed E-state index contributed by atoms with van der Waals surface area (Å²) in [6.45, 7) is 2.23. The average Bonchev–Trinajstić information content (AvgIpc) is 2.81. The number of phenols is 1. The van der Waals surface area contributed by atoms with Crippen molar-refractivity contribution in [3.8, 4) is 5.75 Å². The molecule has 4 rings (SSSR count). The number of amides is 1. The van der Waals surface area contributed by atoms with E-state index in [1.54, 1.807) is 18.2 Å². The molecule has 1 aliphatic heterocycles. The van der Waals surface area contributed by atoms with E-state index in [2.05, 4.69) is 15.4 Å². The summed E-state index contributed by atoms with van der Waals surface area (Å²) in [5.41, 5.74) is 4.28. The van der Waals surface area contributed by atoms with Gasteiger partial charge in [-0.15, -0.1) is 0 Å². The van der Waals surface area contributed by atoms with Crippen LogP contribution in [0.1, 0.15) is 24.0 Å². The quantitative estimate of drug-likeness (QED) is 0.350. The molecular weight excluding hydrogens is 408 g/mol. The number of fused-ring (bicyclic) bond motifs is 1. The minimum atomic E-state index is -0.405. The number of nitrogens with zero attached hydrogens (tertiary/aromatic N) is 3. The number of aromatic hydroxyl groups is 1. The highest BCUT2D eigenvalue weighted by atomic mass is 16.6. The van der Waals surface area contributed by atoms with E-state index in [4.69, 9.17) is 0 Å². The lowest BCUT2D eigenvalue weighted by molar-refractivity contribution is -0.384. The van der Waals surface area contributed by atoms with Gasteiger partial charge in [0.1, 0.15) is 5.75 Å². The number of non-ortho nitro benzene ring substituents is 1. The number of hydrogen-bond acceptors (Lipinski definition) is 6. The standard InChI is InChI=1S/C24H24N4O4/c29-23-10-7-18-3-1-2-4-21(18)22(23)15-25-26-24(30)19-11-13-27(14-12-19)16-17-5-8-20(9-6-17)28(31)32/h1-10,15,19,29H,11-14,16H2,(H,26,30). The van der Waals surface area contributed by atoms with Crippen LogP contribution in [-0.2, 0) is 11.3 Å². The Kier molecular flexibility index (Phi) is 6.42. The van der Waals surface area contributed by atoms with Crippen molar-refractivity contribution in [1.29, 1.82) is 0 Å². The predicted molar refractivity (Wildman–Crippen MR) is 122 cm³/mol. The summed E-state index contributed by atoms with van der Waals surface area (Å²) in [6, 6.07) is 17.7. The maximum Gasteiger partial charge on any atom is 0.269 e. The predicted octanol–water partition coefficient (Wildman–Crippen LogP) is 3.82. The highest BCUT2D eigenvalue weighted by Crippen LogP contribution is 2.25. The van der Waals surface area contributed by atoms with E-state index >= 15 is 0 Å². The molecular formula is C24H24N4O4. The molecule has 0 bridgehead atoms. The summed E-state index contributed by atoms with van der Waals surface area (Å²) in [7, 11) is 0. The zero-order valence-corrected chi connectivity index (χ0v) is 17.5. The fourth-order valence-corrected chi connectivity index (χ4v) is 4.01. The zero-order chi connectivity index (χ0) is 22.5. The molecule has 0 atom stereocenters. The number of carbonyl (C=O) groups is 1. The van der Waals surface area contributed by atoms with Crippen LogP contribution in [0.5, 0.6) is 5.75 Å². The Morgan fingerprint density at radius 3 is 2.56 bits per heavy atom. The SMILES string of the molecule is O=C(NN=Cc1c(O)ccc2ccccc12)C1CCN(Cc2ccc([N+](=O)[O-])cc2)CC1. The van der Waals surface area contributed by atoms with E-state index in [9.17, 15) is 20.0 Å². The molecule has 0 aromatic heterocycles. The van der Waals surface area contributed by atoms with E-state index in [0.29, 0.717) is 24.9 Å². The first kappa shape index (κ1) is 21.5. The molecule has 164 valence electrons. The fourth-order valence-electron chi connectivity index (χ4n) is 4.01. The van der Waals surface area contributed by atoms with Crippen LogP contribution in [0.25, 0.3) is 10.8 Å². The molecule has 0 unspecified atom stereocenters. The summed E-state index contributed by atoms with van der Waals surface area (Å²) >= 11 is 0. The molecule has 1 saturated heterocycles. The molecule has 0 spiro atoms. The number of nitrogens with one attached hydrogen (secondary N) is 1. The van der Waals surface area contributed by atoms with Crippen LogP contribution in [0.3, 0.4) is 0 Å². The summed E-state index contributed by atoms with van der Waals surface area (Å²) in [4.78, 5) is 25.1. The third kappa shape index (κ3) is 4.92. The third-order valence-electron chi connectivity index (χ3n) is 5.83. The van der Waals surface area contributed by atoms with E-state index < -0.39 is 4.92 Å². The highest BCUT2D eigenvalue weighted by molar-refractivity contribution is 6.02. The van der Waals surface area contributed by atoms with Crippen molar-refractivity contribution >= 4 is 28.6 Å². The zero-order valence-electron chi connectivity index (χ0n) is 17.5. The molecule has 1 heterocycles. The van der Waals surface area contributed by atoms with Gasteiger partial charge < -0.3 is 5.11 Å². The van der Waals surface area contributed by atoms with Crippen LogP contribution in [-0.4, -0.2) is 40.1 Å². The average molecular weight is 432 g/mol. The fraction of sp³-hybridized carbons (Fsp3) is 0.250. The normalized spacial score (nSPS) is 15.2. The van der Waals surface area contributed by atoms with Gasteiger partial charge in [-0.05, 0) is 48.3 Å². The smallest absolute Gasteiger partial charge is 0.269 e. The molecule has 8 heteroatoms. The van der Waals surface area contributed by atoms with E-state index in [1.165, 1.54) is 18.3 Å². The van der Waals surface area contributed by atoms with Crippen molar-refractivity contribution in [2.75, 3.05) is 13.1 Å². The van der Waals surface area contributed by atoms with E-state index in [0.717, 1.165) is 29.4 Å². The lowest BCUT2D eigenvalue weighted by Gasteiger charge is -2.30. The first-order valence-electron chi connectivity index (χ1n) is 10.5. The third-order valence-corrected chi connectivity index (χ3v) is 5.83. The number of carbonyl (C=O) groups excluding carboxylic acids is 1. The van der Waals surface area contributed by atoms with Gasteiger partial charge in [-0.2, -0.15) is 5.10 Å². The highest BCUT2D eigenvalue weighted by Gasteiger charge is 2.25. The Morgan fingerprint density at radius 1 is 1.12 bits per heavy atom. The van der Waals surface area contributed by atoms with Crippen molar-refractivity contribution < 1.29 is 14.8 Å². The molecule has 3 aromatic carbocycles. The summed E-state index contributed by atoms with van der Waals surface area (Å²) < 4.78 is 0. The van der Waals surface area contributed by atoms with E-state index in [1.807, 2.05) is 30.3 Å². The van der Waals surface area contributed by atoms with Gasteiger partial charge in [0.25, 0.3) is 5.69 Å². The van der Waals surface area contributed by atoms with Gasteiger partial charge in [0, 0.05) is 30.2 Å². The van der Waals surface area contributed by atoms with Gasteiger partial charge in [-0.1, -0.05) is 42.5 Å². The van der Waals surface area contributed by atoms with Gasteiger partial charge in [-0.3, -0.25) is 19.8 Å². The van der Waals surface area contributed by atoms with Crippen LogP contribution in [0.4, 0.5) is 5.69 Å². The summed E-state index contributed by atoms with van der Waals surface area (Å²) in [6.07, 6.45) is 2.92. The summed E-state index contributed by atoms with van der Waals surface area (Å²) in [5.74, 6) is -0.140. The maximum absolute atomic E-state index is 12.5. The second-order valence-electron chi connectivity index (χ2n) is 7.93. The first-order chi connectivity index (χ1) is 15.5. The number of hydrogen-bond donors (Lipinski definition) is 2. The maximum atomic E-state index is 12.5. The molecule has 1 amide bonds. The molecule has 8 nitrogen and oxygen atoms in total. The minimum absolute atomic E-state index is 0.0847. The van der Waals surface area contributed by atoms with Crippen molar-refractivity contribution in [1.82, 2.24) is 10.3 Å². The Morgan fingerprint density at radius 2 is 1.84 bits per heavy atom. The number of piperidine rings is 1. The molecule has 1 fully saturated rings. The minimum Gasteiger partial charge on any atom is -0.507 e. The number of rotatable bonds is 6. The largest absolute Gasteiger partial charge is 0.507 e. The second-order valence-corrected chi connectivity index (χ2v) is 7.93. The number of nitro groups is 1. The van der Waals surface area contributed by atoms with Crippen LogP contribution >= 0.6 is 0 Å². The monoisotopic (exact) mass is 432 g/mol. The van der Waals surface area contributed by atoms with Crippen molar-refractivity contribution in [2.24, 2.45) is 11.0 Å². The molecule has 1 aliphatic rings. The lowest BCUT2D eigenvalue weighted by atomic mass is 9.96. The number of phenolic OH excluding ortho intramolecular Hbond substituents is 1. The number of likely N-dealkylation sites (tertiary alicyclic amines) is 1. The molecule has 0 aliphatic carbocycles. The number of benzene rings is 3. The van der Waals surface area contributed by atoms with Crippen LogP contribution in [0.15, 0.2) is 65.8 Å². The van der Waals surface area contributed by atoms with Gasteiger partial charge in [0.15, 0.2) is 0 Å². The van der Waals surface area contributed by atoms with Crippen LogP contribution < -0.4 is 5.43 Å². The molecule has 0 saturated carbocycles. The lowest BCUT2D eigenvalue weighted by Crippen LogP contribution is -2.39. The van der Waals surface area contributed by atoms with Crippen LogP contribution in [0, 0.1) is 16.0 Å². The summed E-state index contributed by atoms with van der Waals surface area (Å²) in [5, 5.41) is 26.9. The van der Waals surface area contributed by atoms with Crippen molar-refractivity contribution in [2.45, 2.75) is 19.4 Å². The topological polar surface area (TPSA) is 108 Å². The molecule has 3 aromatic rings. The van der Waals surface area contributed by atoms with E-state index in [-0.39, 0.29) is 23.3 Å². The molecule has 2 N–H and O–H groups in total. The Labute approximate surface area is 185 Å².